The average Bonchev–Trinajstić information content (AvgIpc) is 3.21. The Labute approximate surface area is 143 Å². The van der Waals surface area contributed by atoms with E-state index in [-0.39, 0.29) is 12.1 Å². The largest absolute Gasteiger partial charge is 0.459 e. The van der Waals surface area contributed by atoms with Crippen LogP contribution in [0.3, 0.4) is 0 Å². The zero-order valence-electron chi connectivity index (χ0n) is 14.5. The fourth-order valence-electron chi connectivity index (χ4n) is 3.12. The van der Waals surface area contributed by atoms with Crippen molar-refractivity contribution >= 4 is 17.0 Å². The molecular formula is C19H26N2O3. The number of nitrogens with zero attached hydrogens (tertiary/aromatic N) is 1. The third-order valence-corrected chi connectivity index (χ3v) is 4.53. The predicted molar refractivity (Wildman–Crippen MR) is 93.9 cm³/mol. The number of hydrogen-bond donors (Lipinski definition) is 1. The quantitative estimate of drug-likeness (QED) is 0.873. The molecule has 2 aromatic rings. The van der Waals surface area contributed by atoms with E-state index in [1.54, 1.807) is 11.9 Å². The van der Waals surface area contributed by atoms with Gasteiger partial charge >= 0.3 is 6.03 Å². The Bertz CT molecular complexity index is 643. The second-order valence-corrected chi connectivity index (χ2v) is 6.67. The first-order valence-corrected chi connectivity index (χ1v) is 8.72. The Kier molecular flexibility index (Phi) is 5.41. The molecule has 1 N–H and O–H groups in total. The van der Waals surface area contributed by atoms with Gasteiger partial charge in [-0.3, -0.25) is 0 Å². The number of carbonyl (C=O) groups excluding carboxylic acids is 1. The summed E-state index contributed by atoms with van der Waals surface area (Å²) in [5, 5.41) is 4.11. The van der Waals surface area contributed by atoms with Crippen molar-refractivity contribution in [2.45, 2.75) is 51.3 Å². The van der Waals surface area contributed by atoms with E-state index in [4.69, 9.17) is 9.15 Å². The molecule has 130 valence electrons. The smallest absolute Gasteiger partial charge is 0.317 e. The van der Waals surface area contributed by atoms with E-state index in [9.17, 15) is 4.79 Å². The molecule has 0 saturated carbocycles. The monoisotopic (exact) mass is 330 g/mol. The van der Waals surface area contributed by atoms with Gasteiger partial charge in [0.15, 0.2) is 0 Å². The maximum atomic E-state index is 12.3. The Morgan fingerprint density at radius 2 is 2.25 bits per heavy atom. The van der Waals surface area contributed by atoms with Crippen molar-refractivity contribution in [2.24, 2.45) is 0 Å². The maximum absolute atomic E-state index is 12.3. The van der Waals surface area contributed by atoms with Gasteiger partial charge in [0, 0.05) is 25.1 Å². The van der Waals surface area contributed by atoms with E-state index in [0.29, 0.717) is 12.6 Å². The minimum atomic E-state index is -0.0738. The molecule has 1 aliphatic rings. The molecule has 0 bridgehead atoms. The van der Waals surface area contributed by atoms with Gasteiger partial charge in [0.05, 0.1) is 12.6 Å². The van der Waals surface area contributed by atoms with Gasteiger partial charge < -0.3 is 19.4 Å². The number of rotatable bonds is 6. The van der Waals surface area contributed by atoms with Crippen LogP contribution in [0.5, 0.6) is 0 Å². The Morgan fingerprint density at radius 1 is 1.42 bits per heavy atom. The van der Waals surface area contributed by atoms with Crippen LogP contribution in [0, 0.1) is 0 Å². The summed E-state index contributed by atoms with van der Waals surface area (Å²) in [7, 11) is 1.79. The number of ether oxygens (including phenoxy) is 1. The van der Waals surface area contributed by atoms with Crippen molar-refractivity contribution in [2.75, 3.05) is 13.7 Å². The molecule has 5 nitrogen and oxygen atoms in total. The summed E-state index contributed by atoms with van der Waals surface area (Å²) in [4.78, 5) is 14.0. The summed E-state index contributed by atoms with van der Waals surface area (Å²) in [5.41, 5.74) is 0.853. The molecule has 2 atom stereocenters. The molecule has 5 heteroatoms. The highest BCUT2D eigenvalue weighted by Gasteiger charge is 2.18. The van der Waals surface area contributed by atoms with E-state index in [1.807, 2.05) is 37.3 Å². The highest BCUT2D eigenvalue weighted by Crippen LogP contribution is 2.20. The minimum absolute atomic E-state index is 0.0738. The predicted octanol–water partition coefficient (Wildman–Crippen LogP) is 3.92. The molecule has 24 heavy (non-hydrogen) atoms. The number of fused-ring (bicyclic) bond motifs is 1. The van der Waals surface area contributed by atoms with Gasteiger partial charge in [0.25, 0.3) is 0 Å². The molecular weight excluding hydrogens is 304 g/mol. The number of para-hydroxylation sites is 1. The van der Waals surface area contributed by atoms with Crippen molar-refractivity contribution in [3.8, 4) is 0 Å². The van der Waals surface area contributed by atoms with Crippen molar-refractivity contribution in [3.05, 3.63) is 36.1 Å². The second-order valence-electron chi connectivity index (χ2n) is 6.67. The van der Waals surface area contributed by atoms with E-state index in [2.05, 4.69) is 5.32 Å². The first-order valence-electron chi connectivity index (χ1n) is 8.72. The van der Waals surface area contributed by atoms with Gasteiger partial charge in [-0.15, -0.1) is 0 Å². The molecule has 0 unspecified atom stereocenters. The Hall–Kier alpha value is -2.01. The van der Waals surface area contributed by atoms with Crippen LogP contribution in [0.25, 0.3) is 11.0 Å². The number of benzene rings is 1. The number of nitrogens with one attached hydrogen (secondary N) is 1. The van der Waals surface area contributed by atoms with Crippen LogP contribution in [-0.4, -0.2) is 36.7 Å². The molecule has 1 fully saturated rings. The molecule has 0 spiro atoms. The van der Waals surface area contributed by atoms with E-state index < -0.39 is 0 Å². The second kappa shape index (κ2) is 7.71. The van der Waals surface area contributed by atoms with Gasteiger partial charge in [0.2, 0.25) is 0 Å². The van der Waals surface area contributed by atoms with Crippen LogP contribution < -0.4 is 5.32 Å². The van der Waals surface area contributed by atoms with Gasteiger partial charge in [-0.25, -0.2) is 4.79 Å². The summed E-state index contributed by atoms with van der Waals surface area (Å²) in [6, 6.07) is 9.92. The molecule has 0 aliphatic carbocycles. The fourth-order valence-corrected chi connectivity index (χ4v) is 3.12. The van der Waals surface area contributed by atoms with E-state index >= 15 is 0 Å². The lowest BCUT2D eigenvalue weighted by atomic mass is 10.1. The van der Waals surface area contributed by atoms with Crippen molar-refractivity contribution < 1.29 is 13.9 Å². The normalized spacial score (nSPS) is 18.7. The van der Waals surface area contributed by atoms with Crippen LogP contribution in [-0.2, 0) is 11.3 Å². The van der Waals surface area contributed by atoms with Crippen LogP contribution in [0.1, 0.15) is 38.4 Å². The summed E-state index contributed by atoms with van der Waals surface area (Å²) in [6.45, 7) is 3.38. The zero-order valence-corrected chi connectivity index (χ0v) is 14.5. The SMILES string of the molecule is C[C@@H](CC[C@H]1CCCO1)NC(=O)N(C)Cc1cc2ccccc2o1. The standard InChI is InChI=1S/C19H26N2O3/c1-14(9-10-16-7-5-11-23-16)20-19(22)21(2)13-17-12-15-6-3-4-8-18(15)24-17/h3-4,6,8,12,14,16H,5,7,9-11,13H2,1-2H3,(H,20,22)/t14-,16+/m0/s1. The van der Waals surface area contributed by atoms with Crippen molar-refractivity contribution in [1.82, 2.24) is 10.2 Å². The highest BCUT2D eigenvalue weighted by atomic mass is 16.5. The number of furan rings is 1. The molecule has 1 aromatic heterocycles. The summed E-state index contributed by atoms with van der Waals surface area (Å²) >= 11 is 0. The summed E-state index contributed by atoms with van der Waals surface area (Å²) in [5.74, 6) is 0.792. The van der Waals surface area contributed by atoms with Crippen LogP contribution >= 0.6 is 0 Å². The lowest BCUT2D eigenvalue weighted by molar-refractivity contribution is 0.1000. The minimum Gasteiger partial charge on any atom is -0.459 e. The summed E-state index contributed by atoms with van der Waals surface area (Å²) in [6.07, 6.45) is 4.62. The third-order valence-electron chi connectivity index (χ3n) is 4.53. The number of hydrogen-bond acceptors (Lipinski definition) is 3. The number of amides is 2. The van der Waals surface area contributed by atoms with Crippen LogP contribution in [0.4, 0.5) is 4.79 Å². The molecule has 1 aliphatic heterocycles. The fraction of sp³-hybridized carbons (Fsp3) is 0.526. The van der Waals surface area contributed by atoms with Gasteiger partial charge in [-0.05, 0) is 44.7 Å². The Balaban J connectivity index is 1.46. The topological polar surface area (TPSA) is 54.7 Å². The number of urea groups is 1. The van der Waals surface area contributed by atoms with Crippen molar-refractivity contribution in [1.29, 1.82) is 0 Å². The van der Waals surface area contributed by atoms with Gasteiger partial charge in [0.1, 0.15) is 11.3 Å². The maximum Gasteiger partial charge on any atom is 0.317 e. The summed E-state index contributed by atoms with van der Waals surface area (Å²) < 4.78 is 11.4. The van der Waals surface area contributed by atoms with Crippen molar-refractivity contribution in [3.63, 3.8) is 0 Å². The average molecular weight is 330 g/mol. The zero-order chi connectivity index (χ0) is 16.9. The molecule has 2 heterocycles. The highest BCUT2D eigenvalue weighted by molar-refractivity contribution is 5.78. The van der Waals surface area contributed by atoms with Crippen LogP contribution in [0.15, 0.2) is 34.7 Å². The lowest BCUT2D eigenvalue weighted by Crippen LogP contribution is -2.41. The third kappa shape index (κ3) is 4.29. The molecule has 1 aromatic carbocycles. The van der Waals surface area contributed by atoms with Gasteiger partial charge in [-0.2, -0.15) is 0 Å². The lowest BCUT2D eigenvalue weighted by Gasteiger charge is -2.21. The first kappa shape index (κ1) is 16.8. The number of carbonyl (C=O) groups is 1. The van der Waals surface area contributed by atoms with Crippen LogP contribution in [0.2, 0.25) is 0 Å². The van der Waals surface area contributed by atoms with Gasteiger partial charge in [-0.1, -0.05) is 18.2 Å². The first-order chi connectivity index (χ1) is 11.6. The van der Waals surface area contributed by atoms with E-state index in [0.717, 1.165) is 49.0 Å². The van der Waals surface area contributed by atoms with E-state index in [1.165, 1.54) is 0 Å². The molecule has 2 amide bonds. The Morgan fingerprint density at radius 3 is 3.00 bits per heavy atom. The molecule has 0 radical (unpaired) electrons. The molecule has 3 rings (SSSR count). The molecule has 1 saturated heterocycles.